The van der Waals surface area contributed by atoms with E-state index in [9.17, 15) is 0 Å². The Labute approximate surface area is 273 Å². The molecule has 224 valence electrons. The summed E-state index contributed by atoms with van der Waals surface area (Å²) in [5.41, 5.74) is 7.40. The van der Waals surface area contributed by atoms with Crippen LogP contribution in [0.1, 0.15) is 18.9 Å². The molecular formula is C45H34N2. The van der Waals surface area contributed by atoms with E-state index in [0.29, 0.717) is 0 Å². The Kier molecular flexibility index (Phi) is 6.53. The molecule has 2 heterocycles. The van der Waals surface area contributed by atoms with E-state index in [1.54, 1.807) is 0 Å². The van der Waals surface area contributed by atoms with Crippen LogP contribution in [0.5, 0.6) is 0 Å². The molecule has 0 atom stereocenters. The molecular weight excluding hydrogens is 569 g/mol. The second-order valence-electron chi connectivity index (χ2n) is 12.4. The van der Waals surface area contributed by atoms with Gasteiger partial charge in [-0.05, 0) is 88.5 Å². The van der Waals surface area contributed by atoms with Gasteiger partial charge in [-0.3, -0.25) is 0 Å². The highest BCUT2D eigenvalue weighted by Crippen LogP contribution is 2.33. The summed E-state index contributed by atoms with van der Waals surface area (Å²) < 4.78 is 4.84. The first-order chi connectivity index (χ1) is 23.3. The van der Waals surface area contributed by atoms with Crippen LogP contribution in [0.3, 0.4) is 0 Å². The Morgan fingerprint density at radius 2 is 1.09 bits per heavy atom. The average molecular weight is 603 g/mol. The summed E-state index contributed by atoms with van der Waals surface area (Å²) in [5.74, 6) is 0. The zero-order valence-electron chi connectivity index (χ0n) is 26.4. The standard InChI is InChI=1S/C45H34N2/c1-2-12-42-39(27-21-31-22-28-45-41(29-31)38-18-9-11-20-44(38)46(45)34-14-4-3-5-15-34)37-17-8-10-19-43(37)47(42)35-26-25-33-24-23-32-13-6-7-16-36(32)40(33)30-35/h3-20,22-30H,2,21H2,1H3/b39-27-,42-12+. The largest absolute Gasteiger partial charge is 0.310 e. The SMILES string of the molecule is CC/C=c1\c(=C/Cc2ccc3c(c2)c2ccccc2n3-c2ccccc2)c2ccccc2n1-c1ccc2ccc3ccccc3c2c1. The lowest BCUT2D eigenvalue weighted by molar-refractivity contribution is 1.06. The third-order valence-corrected chi connectivity index (χ3v) is 9.63. The molecule has 0 saturated heterocycles. The molecule has 0 saturated carbocycles. The van der Waals surface area contributed by atoms with Crippen LogP contribution in [0.2, 0.25) is 0 Å². The lowest BCUT2D eigenvalue weighted by Gasteiger charge is -2.10. The molecule has 0 aliphatic carbocycles. The van der Waals surface area contributed by atoms with E-state index in [-0.39, 0.29) is 0 Å². The van der Waals surface area contributed by atoms with Gasteiger partial charge in [-0.2, -0.15) is 0 Å². The maximum absolute atomic E-state index is 2.46. The van der Waals surface area contributed by atoms with E-state index in [0.717, 1.165) is 12.8 Å². The van der Waals surface area contributed by atoms with E-state index in [1.807, 2.05) is 0 Å². The lowest BCUT2D eigenvalue weighted by atomic mass is 10.0. The molecule has 0 bridgehead atoms. The van der Waals surface area contributed by atoms with Crippen LogP contribution in [-0.2, 0) is 6.42 Å². The molecule has 0 aliphatic rings. The summed E-state index contributed by atoms with van der Waals surface area (Å²) in [6, 6.07) is 55.4. The maximum Gasteiger partial charge on any atom is 0.0541 e. The molecule has 2 nitrogen and oxygen atoms in total. The summed E-state index contributed by atoms with van der Waals surface area (Å²) in [7, 11) is 0. The zero-order chi connectivity index (χ0) is 31.3. The van der Waals surface area contributed by atoms with Crippen molar-refractivity contribution in [3.05, 3.63) is 168 Å². The van der Waals surface area contributed by atoms with Crippen molar-refractivity contribution in [3.63, 3.8) is 0 Å². The minimum atomic E-state index is 0.849. The smallest absolute Gasteiger partial charge is 0.0541 e. The van der Waals surface area contributed by atoms with Gasteiger partial charge >= 0.3 is 0 Å². The molecule has 9 aromatic rings. The molecule has 0 aliphatic heterocycles. The normalized spacial score (nSPS) is 12.8. The van der Waals surface area contributed by atoms with Gasteiger partial charge in [-0.1, -0.05) is 122 Å². The minimum absolute atomic E-state index is 0.849. The fourth-order valence-corrected chi connectivity index (χ4v) is 7.52. The van der Waals surface area contributed by atoms with Crippen LogP contribution < -0.4 is 10.6 Å². The van der Waals surface area contributed by atoms with E-state index in [1.165, 1.54) is 81.8 Å². The van der Waals surface area contributed by atoms with Crippen LogP contribution in [-0.4, -0.2) is 9.13 Å². The minimum Gasteiger partial charge on any atom is -0.310 e. The summed E-state index contributed by atoms with van der Waals surface area (Å²) in [4.78, 5) is 0. The molecule has 9 rings (SSSR count). The third kappa shape index (κ3) is 4.48. The molecule has 2 heteroatoms. The Hall–Kier alpha value is -5.86. The zero-order valence-corrected chi connectivity index (χ0v) is 26.4. The van der Waals surface area contributed by atoms with Gasteiger partial charge in [0.1, 0.15) is 0 Å². The number of hydrogen-bond acceptors (Lipinski definition) is 0. The first kappa shape index (κ1) is 27.5. The van der Waals surface area contributed by atoms with E-state index in [2.05, 4.69) is 180 Å². The lowest BCUT2D eigenvalue weighted by Crippen LogP contribution is -2.28. The fourth-order valence-electron chi connectivity index (χ4n) is 7.52. The highest BCUT2D eigenvalue weighted by Gasteiger charge is 2.14. The predicted octanol–water partition coefficient (Wildman–Crippen LogP) is 10.2. The van der Waals surface area contributed by atoms with Gasteiger partial charge in [-0.25, -0.2) is 0 Å². The molecule has 2 aromatic heterocycles. The quantitative estimate of drug-likeness (QED) is 0.174. The Morgan fingerprint density at radius 1 is 0.447 bits per heavy atom. The number of para-hydroxylation sites is 3. The van der Waals surface area contributed by atoms with E-state index < -0.39 is 0 Å². The van der Waals surface area contributed by atoms with Crippen molar-refractivity contribution in [1.29, 1.82) is 0 Å². The Morgan fingerprint density at radius 3 is 1.89 bits per heavy atom. The summed E-state index contributed by atoms with van der Waals surface area (Å²) in [5, 5.41) is 11.5. The van der Waals surface area contributed by atoms with Gasteiger partial charge in [0.25, 0.3) is 0 Å². The van der Waals surface area contributed by atoms with Crippen LogP contribution in [0.25, 0.3) is 77.8 Å². The molecule has 0 fully saturated rings. The van der Waals surface area contributed by atoms with Crippen molar-refractivity contribution in [2.45, 2.75) is 19.8 Å². The van der Waals surface area contributed by atoms with Crippen LogP contribution in [0.15, 0.2) is 152 Å². The summed E-state index contributed by atoms with van der Waals surface area (Å²) in [6.45, 7) is 2.23. The second-order valence-corrected chi connectivity index (χ2v) is 12.4. The average Bonchev–Trinajstić information content (AvgIpc) is 3.63. The number of nitrogens with zero attached hydrogens (tertiary/aromatic N) is 2. The van der Waals surface area contributed by atoms with Crippen molar-refractivity contribution in [1.82, 2.24) is 9.13 Å². The van der Waals surface area contributed by atoms with Crippen molar-refractivity contribution in [2.24, 2.45) is 0 Å². The maximum atomic E-state index is 2.46. The number of fused-ring (bicyclic) bond motifs is 7. The van der Waals surface area contributed by atoms with E-state index in [4.69, 9.17) is 0 Å². The second kappa shape index (κ2) is 11.2. The topological polar surface area (TPSA) is 9.86 Å². The highest BCUT2D eigenvalue weighted by atomic mass is 15.0. The van der Waals surface area contributed by atoms with Crippen LogP contribution in [0, 0.1) is 0 Å². The van der Waals surface area contributed by atoms with Gasteiger partial charge in [0.15, 0.2) is 0 Å². The third-order valence-electron chi connectivity index (χ3n) is 9.63. The van der Waals surface area contributed by atoms with Crippen LogP contribution in [0.4, 0.5) is 0 Å². The Balaban J connectivity index is 1.22. The molecule has 7 aromatic carbocycles. The fraction of sp³-hybridized carbons (Fsp3) is 0.0667. The molecule has 0 radical (unpaired) electrons. The first-order valence-electron chi connectivity index (χ1n) is 16.6. The van der Waals surface area contributed by atoms with Crippen molar-refractivity contribution in [2.75, 3.05) is 0 Å². The number of hydrogen-bond donors (Lipinski definition) is 0. The molecule has 0 N–H and O–H groups in total. The van der Waals surface area contributed by atoms with Gasteiger partial charge in [0, 0.05) is 38.1 Å². The highest BCUT2D eigenvalue weighted by molar-refractivity contribution is 6.10. The number of benzene rings is 7. The number of aromatic nitrogens is 2. The first-order valence-corrected chi connectivity index (χ1v) is 16.6. The summed E-state index contributed by atoms with van der Waals surface area (Å²) in [6.07, 6.45) is 6.63. The van der Waals surface area contributed by atoms with E-state index >= 15 is 0 Å². The molecule has 47 heavy (non-hydrogen) atoms. The predicted molar refractivity (Wildman–Crippen MR) is 201 cm³/mol. The van der Waals surface area contributed by atoms with Gasteiger partial charge in [-0.15, -0.1) is 0 Å². The number of rotatable bonds is 5. The Bertz CT molecular complexity index is 2740. The molecule has 0 amide bonds. The van der Waals surface area contributed by atoms with Crippen molar-refractivity contribution in [3.8, 4) is 11.4 Å². The molecule has 0 spiro atoms. The molecule has 0 unspecified atom stereocenters. The van der Waals surface area contributed by atoms with Crippen LogP contribution >= 0.6 is 0 Å². The van der Waals surface area contributed by atoms with Gasteiger partial charge in [0.2, 0.25) is 0 Å². The monoisotopic (exact) mass is 602 g/mol. The summed E-state index contributed by atoms with van der Waals surface area (Å²) >= 11 is 0. The van der Waals surface area contributed by atoms with Crippen molar-refractivity contribution >= 4 is 66.4 Å². The van der Waals surface area contributed by atoms with Gasteiger partial charge in [0.05, 0.1) is 16.6 Å². The van der Waals surface area contributed by atoms with Gasteiger partial charge < -0.3 is 9.13 Å². The van der Waals surface area contributed by atoms with Crippen molar-refractivity contribution < 1.29 is 0 Å².